The highest BCUT2D eigenvalue weighted by atomic mass is 16.7. The first-order chi connectivity index (χ1) is 10.1. The molecule has 1 aromatic rings. The van der Waals surface area contributed by atoms with E-state index in [9.17, 15) is 14.9 Å². The van der Waals surface area contributed by atoms with Gasteiger partial charge in [0.2, 0.25) is 6.79 Å². The van der Waals surface area contributed by atoms with E-state index in [0.717, 1.165) is 0 Å². The molecular formula is C13H13N3O5. The number of carbonyl (C=O) groups excluding carboxylic acids is 1. The molecule has 0 radical (unpaired) electrons. The Hall–Kier alpha value is -2.77. The number of amides is 2. The van der Waals surface area contributed by atoms with E-state index >= 15 is 0 Å². The minimum absolute atomic E-state index is 0.0593. The Balaban J connectivity index is 2.06. The normalized spacial score (nSPS) is 20.0. The molecule has 8 nitrogen and oxygen atoms in total. The van der Waals surface area contributed by atoms with Crippen molar-refractivity contribution < 1.29 is 19.2 Å². The van der Waals surface area contributed by atoms with Crippen LogP contribution in [0.5, 0.6) is 11.5 Å². The average molecular weight is 291 g/mol. The summed E-state index contributed by atoms with van der Waals surface area (Å²) >= 11 is 0. The largest absolute Gasteiger partial charge is 0.454 e. The number of nitrogens with one attached hydrogen (secondary N) is 2. The van der Waals surface area contributed by atoms with Gasteiger partial charge >= 0.3 is 6.03 Å². The number of hydrogen-bond donors (Lipinski definition) is 2. The Labute approximate surface area is 119 Å². The second-order valence-corrected chi connectivity index (χ2v) is 4.62. The van der Waals surface area contributed by atoms with Gasteiger partial charge in [0.15, 0.2) is 11.5 Å². The first-order valence-corrected chi connectivity index (χ1v) is 6.44. The lowest BCUT2D eigenvalue weighted by atomic mass is 9.99. The highest BCUT2D eigenvalue weighted by molar-refractivity contribution is 5.78. The third kappa shape index (κ3) is 2.24. The Morgan fingerprint density at radius 3 is 2.86 bits per heavy atom. The lowest BCUT2D eigenvalue weighted by molar-refractivity contribution is -0.433. The molecule has 110 valence electrons. The molecule has 0 saturated carbocycles. The molecule has 0 saturated heterocycles. The summed E-state index contributed by atoms with van der Waals surface area (Å²) in [5, 5.41) is 16.4. The number of carbonyl (C=O) groups is 1. The van der Waals surface area contributed by atoms with Crippen molar-refractivity contribution in [2.75, 3.05) is 6.79 Å². The summed E-state index contributed by atoms with van der Waals surface area (Å²) in [5.74, 6) is 1.10. The summed E-state index contributed by atoms with van der Waals surface area (Å²) in [4.78, 5) is 22.6. The van der Waals surface area contributed by atoms with Gasteiger partial charge in [0.1, 0.15) is 6.04 Å². The molecular weight excluding hydrogens is 278 g/mol. The van der Waals surface area contributed by atoms with Gasteiger partial charge in [0.05, 0.1) is 10.6 Å². The van der Waals surface area contributed by atoms with E-state index in [0.29, 0.717) is 29.2 Å². The molecule has 2 N–H and O–H groups in total. The summed E-state index contributed by atoms with van der Waals surface area (Å²) in [5.41, 5.74) is 0.828. The van der Waals surface area contributed by atoms with Crippen LogP contribution >= 0.6 is 0 Å². The molecule has 3 rings (SSSR count). The van der Waals surface area contributed by atoms with Gasteiger partial charge in [0.25, 0.3) is 5.70 Å². The molecule has 1 aromatic carbocycles. The summed E-state index contributed by atoms with van der Waals surface area (Å²) in [6.07, 6.45) is 0.366. The zero-order valence-corrected chi connectivity index (χ0v) is 11.2. The second-order valence-electron chi connectivity index (χ2n) is 4.62. The fourth-order valence-electron chi connectivity index (χ4n) is 2.43. The lowest BCUT2D eigenvalue weighted by Crippen LogP contribution is -2.45. The standard InChI is InChI=1S/C13H13N3O5/c1-2-8-12(16(18)19)11(15-13(17)14-8)7-3-4-9-10(5-7)21-6-20-9/h3-5,11H,2,6H2,1H3,(H2,14,15,17)/t11-/m1/s1. The minimum atomic E-state index is -0.821. The van der Waals surface area contributed by atoms with Crippen LogP contribution in [0.4, 0.5) is 4.79 Å². The van der Waals surface area contributed by atoms with Crippen LogP contribution in [0, 0.1) is 10.1 Å². The first-order valence-electron chi connectivity index (χ1n) is 6.44. The molecule has 2 heterocycles. The van der Waals surface area contributed by atoms with Crippen molar-refractivity contribution in [1.82, 2.24) is 10.6 Å². The third-order valence-corrected chi connectivity index (χ3v) is 3.40. The molecule has 0 spiro atoms. The van der Waals surface area contributed by atoms with E-state index in [1.54, 1.807) is 25.1 Å². The van der Waals surface area contributed by atoms with Gasteiger partial charge in [-0.3, -0.25) is 10.1 Å². The highest BCUT2D eigenvalue weighted by Gasteiger charge is 2.36. The number of rotatable bonds is 3. The topological polar surface area (TPSA) is 103 Å². The van der Waals surface area contributed by atoms with Crippen LogP contribution in [0.1, 0.15) is 24.9 Å². The smallest absolute Gasteiger partial charge is 0.320 e. The Bertz CT molecular complexity index is 655. The number of hydrogen-bond acceptors (Lipinski definition) is 5. The summed E-state index contributed by atoms with van der Waals surface area (Å²) < 4.78 is 10.5. The van der Waals surface area contributed by atoms with E-state index in [4.69, 9.17) is 9.47 Å². The Morgan fingerprint density at radius 1 is 1.38 bits per heavy atom. The van der Waals surface area contributed by atoms with Crippen LogP contribution in [0.15, 0.2) is 29.6 Å². The monoisotopic (exact) mass is 291 g/mol. The van der Waals surface area contributed by atoms with Crippen molar-refractivity contribution in [2.45, 2.75) is 19.4 Å². The van der Waals surface area contributed by atoms with E-state index in [-0.39, 0.29) is 12.5 Å². The van der Waals surface area contributed by atoms with Crippen molar-refractivity contribution in [1.29, 1.82) is 0 Å². The minimum Gasteiger partial charge on any atom is -0.454 e. The molecule has 21 heavy (non-hydrogen) atoms. The van der Waals surface area contributed by atoms with Crippen LogP contribution in [-0.2, 0) is 0 Å². The number of urea groups is 1. The van der Waals surface area contributed by atoms with Gasteiger partial charge in [-0.25, -0.2) is 4.79 Å². The fraction of sp³-hybridized carbons (Fsp3) is 0.308. The summed E-state index contributed by atoms with van der Waals surface area (Å²) in [6.45, 7) is 1.87. The maximum absolute atomic E-state index is 11.7. The van der Waals surface area contributed by atoms with E-state index in [2.05, 4.69) is 10.6 Å². The van der Waals surface area contributed by atoms with Crippen LogP contribution in [-0.4, -0.2) is 17.7 Å². The predicted octanol–water partition coefficient (Wildman–Crippen LogP) is 1.67. The second kappa shape index (κ2) is 4.97. The number of benzene rings is 1. The number of ether oxygens (including phenoxy) is 2. The molecule has 1 atom stereocenters. The van der Waals surface area contributed by atoms with Gasteiger partial charge in [-0.15, -0.1) is 0 Å². The summed E-state index contributed by atoms with van der Waals surface area (Å²) in [6, 6.07) is 3.73. The van der Waals surface area contributed by atoms with Crippen molar-refractivity contribution in [3.8, 4) is 11.5 Å². The number of allylic oxidation sites excluding steroid dienone is 1. The molecule has 8 heteroatoms. The molecule has 2 aliphatic heterocycles. The molecule has 0 bridgehead atoms. The van der Waals surface area contributed by atoms with Gasteiger partial charge < -0.3 is 20.1 Å². The molecule has 0 unspecified atom stereocenters. The van der Waals surface area contributed by atoms with Crippen LogP contribution in [0.2, 0.25) is 0 Å². The lowest BCUT2D eigenvalue weighted by Gasteiger charge is -2.24. The SMILES string of the molecule is CCC1=C([N+](=O)[O-])[C@@H](c2ccc3c(c2)OCO3)NC(=O)N1. The highest BCUT2D eigenvalue weighted by Crippen LogP contribution is 2.37. The molecule has 0 aromatic heterocycles. The van der Waals surface area contributed by atoms with Gasteiger partial charge in [-0.2, -0.15) is 0 Å². The Kier molecular flexibility index (Phi) is 3.13. The van der Waals surface area contributed by atoms with Crippen molar-refractivity contribution in [2.24, 2.45) is 0 Å². The van der Waals surface area contributed by atoms with E-state index < -0.39 is 17.0 Å². The first kappa shape index (κ1) is 13.2. The molecule has 0 fully saturated rings. The number of nitro groups is 1. The van der Waals surface area contributed by atoms with Crippen LogP contribution < -0.4 is 20.1 Å². The quantitative estimate of drug-likeness (QED) is 0.651. The zero-order chi connectivity index (χ0) is 15.0. The van der Waals surface area contributed by atoms with Gasteiger partial charge in [0, 0.05) is 0 Å². The molecule has 0 aliphatic carbocycles. The van der Waals surface area contributed by atoms with Crippen molar-refractivity contribution in [3.63, 3.8) is 0 Å². The maximum atomic E-state index is 11.7. The van der Waals surface area contributed by atoms with Crippen LogP contribution in [0.3, 0.4) is 0 Å². The van der Waals surface area contributed by atoms with Crippen LogP contribution in [0.25, 0.3) is 0 Å². The maximum Gasteiger partial charge on any atom is 0.320 e. The van der Waals surface area contributed by atoms with Gasteiger partial charge in [-0.1, -0.05) is 13.0 Å². The molecule has 2 amide bonds. The van der Waals surface area contributed by atoms with E-state index in [1.807, 2.05) is 0 Å². The zero-order valence-electron chi connectivity index (χ0n) is 11.2. The summed E-state index contributed by atoms with van der Waals surface area (Å²) in [7, 11) is 0. The molecule has 2 aliphatic rings. The third-order valence-electron chi connectivity index (χ3n) is 3.40. The van der Waals surface area contributed by atoms with Crippen molar-refractivity contribution >= 4 is 6.03 Å². The number of nitrogens with zero attached hydrogens (tertiary/aromatic N) is 1. The predicted molar refractivity (Wildman–Crippen MR) is 71.3 cm³/mol. The van der Waals surface area contributed by atoms with E-state index in [1.165, 1.54) is 0 Å². The fourth-order valence-corrected chi connectivity index (χ4v) is 2.43. The van der Waals surface area contributed by atoms with Gasteiger partial charge in [-0.05, 0) is 24.1 Å². The average Bonchev–Trinajstić information content (AvgIpc) is 2.93. The Morgan fingerprint density at radius 2 is 2.14 bits per heavy atom. The number of fused-ring (bicyclic) bond motifs is 1. The van der Waals surface area contributed by atoms with Crippen molar-refractivity contribution in [3.05, 3.63) is 45.3 Å².